The van der Waals surface area contributed by atoms with E-state index in [0.29, 0.717) is 13.0 Å². The van der Waals surface area contributed by atoms with Crippen LogP contribution in [0.5, 0.6) is 0 Å². The highest BCUT2D eigenvalue weighted by Gasteiger charge is 2.29. The van der Waals surface area contributed by atoms with Crippen LogP contribution in [0.25, 0.3) is 0 Å². The van der Waals surface area contributed by atoms with Gasteiger partial charge in [0.2, 0.25) is 5.91 Å². The Morgan fingerprint density at radius 2 is 2.05 bits per heavy atom. The van der Waals surface area contributed by atoms with E-state index in [1.165, 1.54) is 0 Å². The number of carboxylic acid groups (broad SMARTS) is 1. The lowest BCUT2D eigenvalue weighted by Crippen LogP contribution is -2.45. The summed E-state index contributed by atoms with van der Waals surface area (Å²) < 4.78 is 10.3. The minimum absolute atomic E-state index is 0.0112. The third-order valence-corrected chi connectivity index (χ3v) is 2.89. The third kappa shape index (κ3) is 6.57. The van der Waals surface area contributed by atoms with Crippen molar-refractivity contribution in [1.82, 2.24) is 5.32 Å². The first-order valence-corrected chi connectivity index (χ1v) is 7.05. The molecule has 2 N–H and O–H groups in total. The molecule has 120 valence electrons. The molecule has 0 bridgehead atoms. The van der Waals surface area contributed by atoms with Crippen molar-refractivity contribution in [3.05, 3.63) is 0 Å². The molecule has 2 atom stereocenters. The topological polar surface area (TPSA) is 102 Å². The Balaban J connectivity index is 2.44. The van der Waals surface area contributed by atoms with E-state index < -0.39 is 35.6 Å². The van der Waals surface area contributed by atoms with Crippen LogP contribution in [0.2, 0.25) is 0 Å². The van der Waals surface area contributed by atoms with Crippen molar-refractivity contribution in [3.63, 3.8) is 0 Å². The molecular formula is C14H23NO6. The Labute approximate surface area is 124 Å². The van der Waals surface area contributed by atoms with Gasteiger partial charge in [-0.05, 0) is 40.0 Å². The minimum Gasteiger partial charge on any atom is -0.480 e. The van der Waals surface area contributed by atoms with Crippen molar-refractivity contribution >= 4 is 17.8 Å². The first kappa shape index (κ1) is 17.4. The molecule has 21 heavy (non-hydrogen) atoms. The fourth-order valence-corrected chi connectivity index (χ4v) is 1.96. The highest BCUT2D eigenvalue weighted by atomic mass is 16.6. The molecular weight excluding hydrogens is 278 g/mol. The van der Waals surface area contributed by atoms with Crippen molar-refractivity contribution in [2.24, 2.45) is 0 Å². The number of carboxylic acids is 1. The Hall–Kier alpha value is -1.63. The number of aliphatic carboxylic acids is 1. The zero-order chi connectivity index (χ0) is 16.0. The molecule has 0 unspecified atom stereocenters. The highest BCUT2D eigenvalue weighted by molar-refractivity contribution is 5.86. The fraction of sp³-hybridized carbons (Fsp3) is 0.786. The van der Waals surface area contributed by atoms with Crippen LogP contribution in [0.15, 0.2) is 0 Å². The number of ether oxygens (including phenoxy) is 2. The Morgan fingerprint density at radius 3 is 2.52 bits per heavy atom. The van der Waals surface area contributed by atoms with Gasteiger partial charge in [0.15, 0.2) is 0 Å². The van der Waals surface area contributed by atoms with E-state index >= 15 is 0 Å². The van der Waals surface area contributed by atoms with Crippen molar-refractivity contribution in [2.75, 3.05) is 6.61 Å². The summed E-state index contributed by atoms with van der Waals surface area (Å²) >= 11 is 0. The molecule has 7 nitrogen and oxygen atoms in total. The van der Waals surface area contributed by atoms with Crippen molar-refractivity contribution in [3.8, 4) is 0 Å². The quantitative estimate of drug-likeness (QED) is 0.705. The average molecular weight is 301 g/mol. The molecule has 1 aliphatic heterocycles. The van der Waals surface area contributed by atoms with Crippen LogP contribution in [0.3, 0.4) is 0 Å². The van der Waals surface area contributed by atoms with E-state index in [1.807, 2.05) is 0 Å². The summed E-state index contributed by atoms with van der Waals surface area (Å²) in [5.41, 5.74) is -0.614. The summed E-state index contributed by atoms with van der Waals surface area (Å²) in [6, 6.07) is -1.12. The third-order valence-electron chi connectivity index (χ3n) is 2.89. The molecule has 1 aliphatic rings. The van der Waals surface area contributed by atoms with Gasteiger partial charge in [0.25, 0.3) is 0 Å². The number of rotatable bonds is 6. The van der Waals surface area contributed by atoms with Crippen molar-refractivity contribution in [2.45, 2.75) is 64.2 Å². The average Bonchev–Trinajstić information content (AvgIpc) is 2.85. The number of nitrogens with one attached hydrogen (secondary N) is 1. The molecule has 1 fully saturated rings. The van der Waals surface area contributed by atoms with Crippen LogP contribution in [-0.2, 0) is 23.9 Å². The second kappa shape index (κ2) is 7.40. The van der Waals surface area contributed by atoms with Crippen LogP contribution in [-0.4, -0.2) is 47.3 Å². The summed E-state index contributed by atoms with van der Waals surface area (Å²) in [5.74, 6) is -2.10. The maximum atomic E-state index is 11.8. The maximum Gasteiger partial charge on any atom is 0.326 e. The summed E-state index contributed by atoms with van der Waals surface area (Å²) in [6.07, 6.45) is 0.703. The highest BCUT2D eigenvalue weighted by Crippen LogP contribution is 2.13. The maximum absolute atomic E-state index is 11.8. The predicted molar refractivity (Wildman–Crippen MR) is 73.6 cm³/mol. The first-order chi connectivity index (χ1) is 9.69. The van der Waals surface area contributed by atoms with E-state index in [1.54, 1.807) is 20.8 Å². The van der Waals surface area contributed by atoms with Gasteiger partial charge in [0.1, 0.15) is 17.7 Å². The van der Waals surface area contributed by atoms with Gasteiger partial charge in [-0.3, -0.25) is 9.59 Å². The van der Waals surface area contributed by atoms with Crippen LogP contribution in [0.1, 0.15) is 46.5 Å². The van der Waals surface area contributed by atoms with Gasteiger partial charge in [-0.1, -0.05) is 0 Å². The number of hydrogen-bond acceptors (Lipinski definition) is 5. The van der Waals surface area contributed by atoms with Crippen LogP contribution >= 0.6 is 0 Å². The molecule has 1 saturated heterocycles. The molecule has 0 spiro atoms. The first-order valence-electron chi connectivity index (χ1n) is 7.05. The normalized spacial score (nSPS) is 19.9. The van der Waals surface area contributed by atoms with Gasteiger partial charge in [0, 0.05) is 13.0 Å². The summed E-state index contributed by atoms with van der Waals surface area (Å²) in [5, 5.41) is 11.5. The molecule has 0 aromatic carbocycles. The number of carbonyl (C=O) groups is 3. The lowest BCUT2D eigenvalue weighted by atomic mass is 10.1. The number of esters is 1. The van der Waals surface area contributed by atoms with Crippen molar-refractivity contribution < 1.29 is 29.0 Å². The second-order valence-corrected chi connectivity index (χ2v) is 6.03. The Morgan fingerprint density at radius 1 is 1.38 bits per heavy atom. The standard InChI is InChI=1S/C14H23NO6/c1-14(2,3)21-11(16)7-6-9(13(18)19)15-12(17)10-5-4-8-20-10/h9-10H,4-8H2,1-3H3,(H,15,17)(H,18,19)/t9-,10+/m1/s1. The smallest absolute Gasteiger partial charge is 0.326 e. The number of amides is 1. The minimum atomic E-state index is -1.18. The molecule has 0 radical (unpaired) electrons. The molecule has 0 aliphatic carbocycles. The monoisotopic (exact) mass is 301 g/mol. The zero-order valence-corrected chi connectivity index (χ0v) is 12.7. The van der Waals surface area contributed by atoms with E-state index in [2.05, 4.69) is 5.32 Å². The molecule has 1 heterocycles. The lowest BCUT2D eigenvalue weighted by molar-refractivity contribution is -0.155. The van der Waals surface area contributed by atoms with Crippen LogP contribution < -0.4 is 5.32 Å². The van der Waals surface area contributed by atoms with Gasteiger partial charge in [-0.25, -0.2) is 4.79 Å². The zero-order valence-electron chi connectivity index (χ0n) is 12.7. The molecule has 0 aromatic heterocycles. The van der Waals surface area contributed by atoms with E-state index in [9.17, 15) is 14.4 Å². The largest absolute Gasteiger partial charge is 0.480 e. The summed E-state index contributed by atoms with van der Waals surface area (Å²) in [4.78, 5) is 34.5. The molecule has 1 rings (SSSR count). The molecule has 0 saturated carbocycles. The lowest BCUT2D eigenvalue weighted by Gasteiger charge is -2.21. The molecule has 1 amide bonds. The number of hydrogen-bond donors (Lipinski definition) is 2. The van der Waals surface area contributed by atoms with Gasteiger partial charge in [0.05, 0.1) is 0 Å². The molecule has 7 heteroatoms. The SMILES string of the molecule is CC(C)(C)OC(=O)CC[C@@H](NC(=O)[C@@H]1CCCO1)C(=O)O. The van der Waals surface area contributed by atoms with Crippen LogP contribution in [0.4, 0.5) is 0 Å². The van der Waals surface area contributed by atoms with E-state index in [0.717, 1.165) is 6.42 Å². The van der Waals surface area contributed by atoms with Gasteiger partial charge < -0.3 is 19.9 Å². The number of carbonyl (C=O) groups excluding carboxylic acids is 2. The van der Waals surface area contributed by atoms with Crippen molar-refractivity contribution in [1.29, 1.82) is 0 Å². The predicted octanol–water partition coefficient (Wildman–Crippen LogP) is 0.857. The van der Waals surface area contributed by atoms with Gasteiger partial charge >= 0.3 is 11.9 Å². The van der Waals surface area contributed by atoms with Gasteiger partial charge in [-0.2, -0.15) is 0 Å². The summed E-state index contributed by atoms with van der Waals surface area (Å²) in [7, 11) is 0. The van der Waals surface area contributed by atoms with Gasteiger partial charge in [-0.15, -0.1) is 0 Å². The fourth-order valence-electron chi connectivity index (χ4n) is 1.96. The Bertz CT molecular complexity index is 395. The van der Waals surface area contributed by atoms with E-state index in [4.69, 9.17) is 14.6 Å². The summed E-state index contributed by atoms with van der Waals surface area (Å²) in [6.45, 7) is 5.71. The second-order valence-electron chi connectivity index (χ2n) is 6.03. The molecule has 0 aromatic rings. The Kier molecular flexibility index (Phi) is 6.14. The van der Waals surface area contributed by atoms with Crippen LogP contribution in [0, 0.1) is 0 Å². The van der Waals surface area contributed by atoms with E-state index in [-0.39, 0.29) is 12.8 Å².